The van der Waals surface area contributed by atoms with Crippen LogP contribution in [0.25, 0.3) is 0 Å². The van der Waals surface area contributed by atoms with Crippen LogP contribution in [0.1, 0.15) is 29.0 Å². The molecule has 0 saturated heterocycles. The lowest BCUT2D eigenvalue weighted by Crippen LogP contribution is -2.23. The summed E-state index contributed by atoms with van der Waals surface area (Å²) >= 11 is 5.41. The summed E-state index contributed by atoms with van der Waals surface area (Å²) in [7, 11) is 0. The molecule has 0 radical (unpaired) electrons. The highest BCUT2D eigenvalue weighted by molar-refractivity contribution is 9.10. The summed E-state index contributed by atoms with van der Waals surface area (Å²) in [4.78, 5) is 5.55. The highest BCUT2D eigenvalue weighted by atomic mass is 79.9. The summed E-state index contributed by atoms with van der Waals surface area (Å²) in [5.74, 6) is 0. The lowest BCUT2D eigenvalue weighted by molar-refractivity contribution is 0.549. The van der Waals surface area contributed by atoms with Crippen LogP contribution < -0.4 is 5.32 Å². The van der Waals surface area contributed by atoms with Crippen molar-refractivity contribution < 1.29 is 0 Å². The predicted molar refractivity (Wildman–Crippen MR) is 81.1 cm³/mol. The molecule has 0 bridgehead atoms. The van der Waals surface area contributed by atoms with Gasteiger partial charge in [-0.15, -0.1) is 11.3 Å². The maximum absolute atomic E-state index is 4.17. The van der Waals surface area contributed by atoms with Gasteiger partial charge < -0.3 is 5.32 Å². The van der Waals surface area contributed by atoms with Gasteiger partial charge in [0.2, 0.25) is 0 Å². The molecule has 0 fully saturated rings. The number of aryl methyl sites for hydroxylation is 1. The molecule has 0 spiro atoms. The number of pyridine rings is 1. The van der Waals surface area contributed by atoms with Crippen molar-refractivity contribution >= 4 is 27.3 Å². The summed E-state index contributed by atoms with van der Waals surface area (Å²) in [5, 5.41) is 5.69. The summed E-state index contributed by atoms with van der Waals surface area (Å²) in [6, 6.07) is 4.58. The van der Waals surface area contributed by atoms with E-state index in [1.807, 2.05) is 12.4 Å². The number of hydrogen-bond donors (Lipinski definition) is 1. The van der Waals surface area contributed by atoms with Crippen molar-refractivity contribution in [2.24, 2.45) is 0 Å². The fraction of sp³-hybridized carbons (Fsp3) is 0.357. The zero-order valence-electron chi connectivity index (χ0n) is 10.6. The number of thiophene rings is 1. The first kappa shape index (κ1) is 13.7. The molecule has 0 amide bonds. The molecule has 2 aromatic heterocycles. The molecule has 2 rings (SSSR count). The van der Waals surface area contributed by atoms with Crippen molar-refractivity contribution in [3.63, 3.8) is 0 Å². The van der Waals surface area contributed by atoms with Crippen molar-refractivity contribution in [2.75, 3.05) is 6.54 Å². The molecular weight excluding hydrogens is 308 g/mol. The van der Waals surface area contributed by atoms with E-state index in [0.29, 0.717) is 6.04 Å². The van der Waals surface area contributed by atoms with E-state index in [1.54, 1.807) is 11.3 Å². The third-order valence-electron chi connectivity index (χ3n) is 2.97. The molecule has 1 N–H and O–H groups in total. The minimum Gasteiger partial charge on any atom is -0.310 e. The van der Waals surface area contributed by atoms with Crippen LogP contribution in [0, 0.1) is 6.92 Å². The van der Waals surface area contributed by atoms with E-state index in [-0.39, 0.29) is 0 Å². The second kappa shape index (κ2) is 6.45. The first-order chi connectivity index (χ1) is 8.72. The topological polar surface area (TPSA) is 24.9 Å². The molecule has 2 heterocycles. The normalized spacial score (nSPS) is 12.6. The quantitative estimate of drug-likeness (QED) is 0.895. The molecule has 1 atom stereocenters. The van der Waals surface area contributed by atoms with E-state index in [2.05, 4.69) is 57.6 Å². The molecule has 2 aromatic rings. The average molecular weight is 325 g/mol. The molecule has 2 nitrogen and oxygen atoms in total. The molecule has 0 aliphatic rings. The molecule has 0 aromatic carbocycles. The summed E-state index contributed by atoms with van der Waals surface area (Å²) in [6.45, 7) is 5.23. The van der Waals surface area contributed by atoms with Gasteiger partial charge in [-0.2, -0.15) is 0 Å². The Hall–Kier alpha value is -0.710. The molecule has 96 valence electrons. The summed E-state index contributed by atoms with van der Waals surface area (Å²) in [5.41, 5.74) is 2.59. The Morgan fingerprint density at radius 2 is 2.28 bits per heavy atom. The average Bonchev–Trinajstić information content (AvgIpc) is 2.75. The molecule has 18 heavy (non-hydrogen) atoms. The van der Waals surface area contributed by atoms with E-state index < -0.39 is 0 Å². The molecule has 1 unspecified atom stereocenters. The van der Waals surface area contributed by atoms with Gasteiger partial charge in [0.15, 0.2) is 0 Å². The first-order valence-electron chi connectivity index (χ1n) is 6.08. The first-order valence-corrected chi connectivity index (χ1v) is 7.75. The van der Waals surface area contributed by atoms with Gasteiger partial charge in [-0.25, -0.2) is 0 Å². The SMILES string of the molecule is CCNC(Cc1sccc1Br)c1ccncc1C. The van der Waals surface area contributed by atoms with Crippen LogP contribution in [-0.2, 0) is 6.42 Å². The Labute approximate surface area is 121 Å². The summed E-state index contributed by atoms with van der Waals surface area (Å²) in [6.07, 6.45) is 4.82. The van der Waals surface area contributed by atoms with E-state index in [4.69, 9.17) is 0 Å². The van der Waals surface area contributed by atoms with Crippen LogP contribution >= 0.6 is 27.3 Å². The molecule has 0 aliphatic carbocycles. The van der Waals surface area contributed by atoms with Gasteiger partial charge in [0, 0.05) is 34.2 Å². The van der Waals surface area contributed by atoms with Gasteiger partial charge in [-0.3, -0.25) is 4.98 Å². The zero-order valence-corrected chi connectivity index (χ0v) is 13.0. The zero-order chi connectivity index (χ0) is 13.0. The van der Waals surface area contributed by atoms with Gasteiger partial charge in [-0.05, 0) is 58.0 Å². The van der Waals surface area contributed by atoms with E-state index in [9.17, 15) is 0 Å². The number of rotatable bonds is 5. The number of likely N-dealkylation sites (N-methyl/N-ethyl adjacent to an activating group) is 1. The second-order valence-corrected chi connectivity index (χ2v) is 6.09. The summed E-state index contributed by atoms with van der Waals surface area (Å²) < 4.78 is 1.21. The van der Waals surface area contributed by atoms with E-state index >= 15 is 0 Å². The minimum atomic E-state index is 0.355. The van der Waals surface area contributed by atoms with Crippen LogP contribution in [-0.4, -0.2) is 11.5 Å². The molecule has 0 saturated carbocycles. The van der Waals surface area contributed by atoms with Crippen molar-refractivity contribution in [1.82, 2.24) is 10.3 Å². The number of halogens is 1. The lowest BCUT2D eigenvalue weighted by atomic mass is 10.00. The molecule has 4 heteroatoms. The van der Waals surface area contributed by atoms with Gasteiger partial charge in [0.1, 0.15) is 0 Å². The van der Waals surface area contributed by atoms with Crippen LogP contribution in [0.5, 0.6) is 0 Å². The lowest BCUT2D eigenvalue weighted by Gasteiger charge is -2.19. The Bertz CT molecular complexity index is 510. The van der Waals surface area contributed by atoms with E-state index in [1.165, 1.54) is 20.5 Å². The molecule has 0 aliphatic heterocycles. The smallest absolute Gasteiger partial charge is 0.0372 e. The number of nitrogens with one attached hydrogen (secondary N) is 1. The number of hydrogen-bond acceptors (Lipinski definition) is 3. The van der Waals surface area contributed by atoms with Crippen molar-refractivity contribution in [1.29, 1.82) is 0 Å². The Kier molecular flexibility index (Phi) is 4.92. The highest BCUT2D eigenvalue weighted by Crippen LogP contribution is 2.29. The predicted octanol–water partition coefficient (Wildman–Crippen LogP) is 4.11. The minimum absolute atomic E-state index is 0.355. The van der Waals surface area contributed by atoms with Crippen LogP contribution in [0.2, 0.25) is 0 Å². The fourth-order valence-corrected chi connectivity index (χ4v) is 3.63. The molecular formula is C14H17BrN2S. The van der Waals surface area contributed by atoms with Crippen LogP contribution in [0.3, 0.4) is 0 Å². The Morgan fingerprint density at radius 1 is 1.44 bits per heavy atom. The maximum Gasteiger partial charge on any atom is 0.0372 e. The van der Waals surface area contributed by atoms with Gasteiger partial charge in [0.25, 0.3) is 0 Å². The van der Waals surface area contributed by atoms with Crippen LogP contribution in [0.15, 0.2) is 34.4 Å². The van der Waals surface area contributed by atoms with Gasteiger partial charge in [0.05, 0.1) is 0 Å². The Balaban J connectivity index is 2.24. The van der Waals surface area contributed by atoms with E-state index in [0.717, 1.165) is 13.0 Å². The fourth-order valence-electron chi connectivity index (χ4n) is 2.07. The third kappa shape index (κ3) is 3.19. The van der Waals surface area contributed by atoms with Crippen molar-refractivity contribution in [3.8, 4) is 0 Å². The number of aromatic nitrogens is 1. The standard InChI is InChI=1S/C14H17BrN2S/c1-3-17-13(8-14-12(15)5-7-18-14)11-4-6-16-9-10(11)2/h4-7,9,13,17H,3,8H2,1-2H3. The Morgan fingerprint density at radius 3 is 2.89 bits per heavy atom. The number of nitrogens with zero attached hydrogens (tertiary/aromatic N) is 1. The maximum atomic E-state index is 4.17. The monoisotopic (exact) mass is 324 g/mol. The van der Waals surface area contributed by atoms with Gasteiger partial charge >= 0.3 is 0 Å². The van der Waals surface area contributed by atoms with Gasteiger partial charge in [-0.1, -0.05) is 6.92 Å². The largest absolute Gasteiger partial charge is 0.310 e. The third-order valence-corrected chi connectivity index (χ3v) is 4.92. The second-order valence-electron chi connectivity index (χ2n) is 4.24. The van der Waals surface area contributed by atoms with Crippen molar-refractivity contribution in [3.05, 3.63) is 50.4 Å². The van der Waals surface area contributed by atoms with Crippen LogP contribution in [0.4, 0.5) is 0 Å². The highest BCUT2D eigenvalue weighted by Gasteiger charge is 2.15. The van der Waals surface area contributed by atoms with Crippen molar-refractivity contribution in [2.45, 2.75) is 26.3 Å².